The Morgan fingerprint density at radius 3 is 2.78 bits per heavy atom. The molecule has 1 aromatic carbocycles. The quantitative estimate of drug-likeness (QED) is 0.779. The molecule has 1 fully saturated rings. The second-order valence-corrected chi connectivity index (χ2v) is 6.96. The molecule has 27 heavy (non-hydrogen) atoms. The molecule has 1 atom stereocenters. The average molecular weight is 362 g/mol. The predicted molar refractivity (Wildman–Crippen MR) is 104 cm³/mol. The van der Waals surface area contributed by atoms with Crippen LogP contribution >= 0.6 is 0 Å². The van der Waals surface area contributed by atoms with Gasteiger partial charge in [0, 0.05) is 37.8 Å². The third-order valence-electron chi connectivity index (χ3n) is 5.24. The van der Waals surface area contributed by atoms with Gasteiger partial charge in [0.15, 0.2) is 0 Å². The molecule has 138 valence electrons. The minimum Gasteiger partial charge on any atom is -0.340 e. The highest BCUT2D eigenvalue weighted by Gasteiger charge is 2.28. The summed E-state index contributed by atoms with van der Waals surface area (Å²) in [6.45, 7) is 1.31. The SMILES string of the molecule is Cn1c(C(=O)N2CCC[C@@H](c3cc(=O)[nH]cn3)C2)ccc1-c1ccccc1. The maximum atomic E-state index is 13.1. The standard InChI is InChI=1S/C21H22N4O2/c1-24-18(15-6-3-2-4-7-15)9-10-19(24)21(27)25-11-5-8-16(13-25)17-12-20(26)23-14-22-17/h2-4,6-7,9-10,12,14,16H,5,8,11,13H2,1H3,(H,22,23,26)/t16-/m1/s1. The Hall–Kier alpha value is -3.15. The lowest BCUT2D eigenvalue weighted by Gasteiger charge is -2.32. The van der Waals surface area contributed by atoms with Gasteiger partial charge in [0.2, 0.25) is 0 Å². The first-order valence-corrected chi connectivity index (χ1v) is 9.18. The van der Waals surface area contributed by atoms with Gasteiger partial charge < -0.3 is 14.5 Å². The van der Waals surface area contributed by atoms with Crippen LogP contribution in [0.2, 0.25) is 0 Å². The van der Waals surface area contributed by atoms with Crippen molar-refractivity contribution < 1.29 is 4.79 Å². The number of hydrogen-bond donors (Lipinski definition) is 1. The van der Waals surface area contributed by atoms with E-state index in [1.807, 2.05) is 59.0 Å². The Kier molecular flexibility index (Phi) is 4.62. The van der Waals surface area contributed by atoms with Crippen LogP contribution in [0.15, 0.2) is 59.7 Å². The zero-order chi connectivity index (χ0) is 18.8. The third kappa shape index (κ3) is 3.43. The van der Waals surface area contributed by atoms with E-state index in [1.54, 1.807) is 0 Å². The lowest BCUT2D eigenvalue weighted by molar-refractivity contribution is 0.0696. The second kappa shape index (κ2) is 7.23. The van der Waals surface area contributed by atoms with Gasteiger partial charge in [0.25, 0.3) is 11.5 Å². The van der Waals surface area contributed by atoms with E-state index in [2.05, 4.69) is 9.97 Å². The Balaban J connectivity index is 1.56. The van der Waals surface area contributed by atoms with Crippen LogP contribution in [0.1, 0.15) is 34.9 Å². The minimum absolute atomic E-state index is 0.0224. The number of H-pyrrole nitrogens is 1. The number of nitrogens with one attached hydrogen (secondary N) is 1. The van der Waals surface area contributed by atoms with Crippen molar-refractivity contribution in [1.82, 2.24) is 19.4 Å². The average Bonchev–Trinajstić information content (AvgIpc) is 3.09. The number of likely N-dealkylation sites (tertiary alicyclic amines) is 1. The summed E-state index contributed by atoms with van der Waals surface area (Å²) in [7, 11) is 1.93. The maximum Gasteiger partial charge on any atom is 0.270 e. The van der Waals surface area contributed by atoms with Gasteiger partial charge in [-0.25, -0.2) is 4.98 Å². The van der Waals surface area contributed by atoms with Crippen LogP contribution in [0.4, 0.5) is 0 Å². The van der Waals surface area contributed by atoms with Crippen LogP contribution in [0, 0.1) is 0 Å². The lowest BCUT2D eigenvalue weighted by atomic mass is 9.94. The summed E-state index contributed by atoms with van der Waals surface area (Å²) in [5, 5.41) is 0. The summed E-state index contributed by atoms with van der Waals surface area (Å²) >= 11 is 0. The number of benzene rings is 1. The summed E-state index contributed by atoms with van der Waals surface area (Å²) in [6, 6.07) is 15.5. The van der Waals surface area contributed by atoms with Gasteiger partial charge in [-0.3, -0.25) is 9.59 Å². The normalized spacial score (nSPS) is 17.1. The molecule has 4 rings (SSSR count). The molecule has 0 unspecified atom stereocenters. The number of aromatic amines is 1. The number of nitrogens with zero attached hydrogens (tertiary/aromatic N) is 3. The first-order valence-electron chi connectivity index (χ1n) is 9.18. The first-order chi connectivity index (χ1) is 13.1. The highest BCUT2D eigenvalue weighted by molar-refractivity contribution is 5.94. The molecule has 0 radical (unpaired) electrons. The summed E-state index contributed by atoms with van der Waals surface area (Å²) in [4.78, 5) is 33.4. The molecule has 3 heterocycles. The first kappa shape index (κ1) is 17.3. The molecule has 0 bridgehead atoms. The number of rotatable bonds is 3. The van der Waals surface area contributed by atoms with Crippen LogP contribution in [0.3, 0.4) is 0 Å². The smallest absolute Gasteiger partial charge is 0.270 e. The summed E-state index contributed by atoms with van der Waals surface area (Å²) in [5.74, 6) is 0.119. The lowest BCUT2D eigenvalue weighted by Crippen LogP contribution is -2.40. The molecule has 1 aliphatic rings. The number of piperidine rings is 1. The van der Waals surface area contributed by atoms with Gasteiger partial charge >= 0.3 is 0 Å². The van der Waals surface area contributed by atoms with Gasteiger partial charge in [0.05, 0.1) is 12.0 Å². The molecule has 0 spiro atoms. The zero-order valence-corrected chi connectivity index (χ0v) is 15.3. The summed E-state index contributed by atoms with van der Waals surface area (Å²) in [6.07, 6.45) is 3.27. The highest BCUT2D eigenvalue weighted by atomic mass is 16.2. The summed E-state index contributed by atoms with van der Waals surface area (Å²) < 4.78 is 1.95. The molecule has 6 heteroatoms. The number of aromatic nitrogens is 3. The van der Waals surface area contributed by atoms with Crippen molar-refractivity contribution >= 4 is 5.91 Å². The molecular weight excluding hydrogens is 340 g/mol. The van der Waals surface area contributed by atoms with Crippen molar-refractivity contribution in [1.29, 1.82) is 0 Å². The van der Waals surface area contributed by atoms with E-state index in [0.29, 0.717) is 12.2 Å². The Morgan fingerprint density at radius 1 is 1.19 bits per heavy atom. The van der Waals surface area contributed by atoms with E-state index in [0.717, 1.165) is 36.3 Å². The van der Waals surface area contributed by atoms with E-state index >= 15 is 0 Å². The Labute approximate surface area is 157 Å². The van der Waals surface area contributed by atoms with Crippen molar-refractivity contribution in [3.8, 4) is 11.3 Å². The van der Waals surface area contributed by atoms with E-state index in [9.17, 15) is 9.59 Å². The largest absolute Gasteiger partial charge is 0.340 e. The third-order valence-corrected chi connectivity index (χ3v) is 5.24. The number of hydrogen-bond acceptors (Lipinski definition) is 3. The number of carbonyl (C=O) groups is 1. The minimum atomic E-state index is -0.154. The van der Waals surface area contributed by atoms with Gasteiger partial charge in [-0.05, 0) is 30.5 Å². The van der Waals surface area contributed by atoms with Crippen molar-refractivity contribution in [3.05, 3.63) is 76.6 Å². The zero-order valence-electron chi connectivity index (χ0n) is 15.3. The van der Waals surface area contributed by atoms with Crippen LogP contribution < -0.4 is 5.56 Å². The molecule has 0 aliphatic carbocycles. The van der Waals surface area contributed by atoms with Crippen molar-refractivity contribution in [2.45, 2.75) is 18.8 Å². The molecule has 1 aliphatic heterocycles. The molecule has 2 aromatic heterocycles. The van der Waals surface area contributed by atoms with Crippen LogP contribution in [0.5, 0.6) is 0 Å². The van der Waals surface area contributed by atoms with E-state index in [4.69, 9.17) is 0 Å². The molecule has 1 N–H and O–H groups in total. The van der Waals surface area contributed by atoms with Crippen LogP contribution in [-0.2, 0) is 7.05 Å². The molecule has 1 amide bonds. The van der Waals surface area contributed by atoms with Crippen molar-refractivity contribution in [2.24, 2.45) is 7.05 Å². The van der Waals surface area contributed by atoms with Gasteiger partial charge in [-0.2, -0.15) is 0 Å². The van der Waals surface area contributed by atoms with Crippen LogP contribution in [0.25, 0.3) is 11.3 Å². The fraction of sp³-hybridized carbons (Fsp3) is 0.286. The van der Waals surface area contributed by atoms with Gasteiger partial charge in [-0.1, -0.05) is 30.3 Å². The molecule has 3 aromatic rings. The Bertz CT molecular complexity index is 1010. The van der Waals surface area contributed by atoms with Gasteiger partial charge in [-0.15, -0.1) is 0 Å². The van der Waals surface area contributed by atoms with Crippen molar-refractivity contribution in [3.63, 3.8) is 0 Å². The fourth-order valence-electron chi connectivity index (χ4n) is 3.80. The van der Waals surface area contributed by atoms with Crippen LogP contribution in [-0.4, -0.2) is 38.4 Å². The topological polar surface area (TPSA) is 71.0 Å². The Morgan fingerprint density at radius 2 is 2.00 bits per heavy atom. The number of amides is 1. The number of carbonyl (C=O) groups excluding carboxylic acids is 1. The van der Waals surface area contributed by atoms with E-state index < -0.39 is 0 Å². The summed E-state index contributed by atoms with van der Waals surface area (Å²) in [5.41, 5.74) is 3.38. The predicted octanol–water partition coefficient (Wildman–Crippen LogP) is 2.80. The van der Waals surface area contributed by atoms with Crippen molar-refractivity contribution in [2.75, 3.05) is 13.1 Å². The maximum absolute atomic E-state index is 13.1. The molecular formula is C21H22N4O2. The van der Waals surface area contributed by atoms with Gasteiger partial charge in [0.1, 0.15) is 5.69 Å². The second-order valence-electron chi connectivity index (χ2n) is 6.96. The highest BCUT2D eigenvalue weighted by Crippen LogP contribution is 2.27. The molecule has 0 saturated carbocycles. The van der Waals surface area contributed by atoms with E-state index in [-0.39, 0.29) is 17.4 Å². The van der Waals surface area contributed by atoms with E-state index in [1.165, 1.54) is 12.4 Å². The molecule has 1 saturated heterocycles. The monoisotopic (exact) mass is 362 g/mol. The fourth-order valence-corrected chi connectivity index (χ4v) is 3.80. The molecule has 6 nitrogen and oxygen atoms in total.